The van der Waals surface area contributed by atoms with Crippen molar-refractivity contribution in [3.8, 4) is 0 Å². The molecule has 0 aromatic heterocycles. The van der Waals surface area contributed by atoms with Gasteiger partial charge in [-0.25, -0.2) is 0 Å². The molecule has 1 atom stereocenters. The first-order valence-electron chi connectivity index (χ1n) is 5.91. The topological polar surface area (TPSA) is 33.3 Å². The third kappa shape index (κ3) is 2.27. The standard InChI is InChI=1S/C11H22N2O/c1-2-11(4-3-5-11)13-8-10-9-14-7-6-12-10/h10,12-13H,2-9H2,1H3. The fourth-order valence-corrected chi connectivity index (χ4v) is 2.35. The van der Waals surface area contributed by atoms with E-state index in [4.69, 9.17) is 4.74 Å². The Labute approximate surface area is 86.6 Å². The summed E-state index contributed by atoms with van der Waals surface area (Å²) in [7, 11) is 0. The van der Waals surface area contributed by atoms with Gasteiger partial charge in [-0.2, -0.15) is 0 Å². The summed E-state index contributed by atoms with van der Waals surface area (Å²) in [5.41, 5.74) is 0.471. The van der Waals surface area contributed by atoms with Crippen LogP contribution in [0.2, 0.25) is 0 Å². The first kappa shape index (κ1) is 10.4. The Kier molecular flexibility index (Phi) is 3.42. The van der Waals surface area contributed by atoms with Crippen LogP contribution >= 0.6 is 0 Å². The molecule has 1 heterocycles. The van der Waals surface area contributed by atoms with Gasteiger partial charge < -0.3 is 15.4 Å². The van der Waals surface area contributed by atoms with E-state index in [1.54, 1.807) is 0 Å². The van der Waals surface area contributed by atoms with Gasteiger partial charge in [0.1, 0.15) is 0 Å². The highest BCUT2D eigenvalue weighted by molar-refractivity contribution is 4.95. The second kappa shape index (κ2) is 4.60. The quantitative estimate of drug-likeness (QED) is 0.704. The third-order valence-electron chi connectivity index (χ3n) is 3.71. The Morgan fingerprint density at radius 3 is 2.86 bits per heavy atom. The lowest BCUT2D eigenvalue weighted by atomic mass is 9.75. The number of nitrogens with one attached hydrogen (secondary N) is 2. The van der Waals surface area contributed by atoms with E-state index in [2.05, 4.69) is 17.6 Å². The largest absolute Gasteiger partial charge is 0.378 e. The molecule has 82 valence electrons. The van der Waals surface area contributed by atoms with Gasteiger partial charge in [0.25, 0.3) is 0 Å². The maximum absolute atomic E-state index is 5.43. The van der Waals surface area contributed by atoms with E-state index < -0.39 is 0 Å². The highest BCUT2D eigenvalue weighted by atomic mass is 16.5. The van der Waals surface area contributed by atoms with Gasteiger partial charge in [-0.1, -0.05) is 6.92 Å². The Bertz CT molecular complexity index is 169. The summed E-state index contributed by atoms with van der Waals surface area (Å²) >= 11 is 0. The van der Waals surface area contributed by atoms with Gasteiger partial charge in [0.05, 0.1) is 13.2 Å². The summed E-state index contributed by atoms with van der Waals surface area (Å²) in [5.74, 6) is 0. The van der Waals surface area contributed by atoms with Gasteiger partial charge in [0.15, 0.2) is 0 Å². The molecule has 14 heavy (non-hydrogen) atoms. The van der Waals surface area contributed by atoms with Crippen molar-refractivity contribution in [2.75, 3.05) is 26.3 Å². The van der Waals surface area contributed by atoms with Gasteiger partial charge in [0, 0.05) is 24.7 Å². The maximum Gasteiger partial charge on any atom is 0.0632 e. The number of morpholine rings is 1. The minimum atomic E-state index is 0.471. The number of hydrogen-bond acceptors (Lipinski definition) is 3. The molecule has 1 saturated carbocycles. The first-order chi connectivity index (χ1) is 6.85. The number of rotatable bonds is 4. The van der Waals surface area contributed by atoms with Crippen LogP contribution in [0.3, 0.4) is 0 Å². The van der Waals surface area contributed by atoms with Crippen molar-refractivity contribution in [1.82, 2.24) is 10.6 Å². The fraction of sp³-hybridized carbons (Fsp3) is 1.00. The third-order valence-corrected chi connectivity index (χ3v) is 3.71. The summed E-state index contributed by atoms with van der Waals surface area (Å²) in [6.45, 7) is 6.10. The van der Waals surface area contributed by atoms with Crippen molar-refractivity contribution in [2.45, 2.75) is 44.2 Å². The molecule has 2 fully saturated rings. The van der Waals surface area contributed by atoms with Crippen LogP contribution in [0.5, 0.6) is 0 Å². The van der Waals surface area contributed by atoms with E-state index in [1.165, 1.54) is 25.7 Å². The van der Waals surface area contributed by atoms with E-state index in [-0.39, 0.29) is 0 Å². The van der Waals surface area contributed by atoms with Gasteiger partial charge >= 0.3 is 0 Å². The monoisotopic (exact) mass is 198 g/mol. The first-order valence-corrected chi connectivity index (χ1v) is 5.91. The molecule has 0 bridgehead atoms. The zero-order valence-corrected chi connectivity index (χ0v) is 9.14. The van der Waals surface area contributed by atoms with E-state index in [1.807, 2.05) is 0 Å². The van der Waals surface area contributed by atoms with Crippen LogP contribution in [-0.4, -0.2) is 37.9 Å². The predicted octanol–water partition coefficient (Wildman–Crippen LogP) is 0.897. The maximum atomic E-state index is 5.43. The van der Waals surface area contributed by atoms with E-state index in [0.29, 0.717) is 11.6 Å². The molecule has 1 unspecified atom stereocenters. The van der Waals surface area contributed by atoms with E-state index >= 15 is 0 Å². The molecule has 0 radical (unpaired) electrons. The molecule has 2 N–H and O–H groups in total. The highest BCUT2D eigenvalue weighted by Crippen LogP contribution is 2.34. The molecule has 0 amide bonds. The molecule has 1 aliphatic carbocycles. The van der Waals surface area contributed by atoms with Gasteiger partial charge in [-0.05, 0) is 25.7 Å². The molecular formula is C11H22N2O. The fourth-order valence-electron chi connectivity index (χ4n) is 2.35. The molecule has 1 saturated heterocycles. The molecular weight excluding hydrogens is 176 g/mol. The van der Waals surface area contributed by atoms with Crippen molar-refractivity contribution in [2.24, 2.45) is 0 Å². The van der Waals surface area contributed by atoms with Crippen molar-refractivity contribution in [3.63, 3.8) is 0 Å². The van der Waals surface area contributed by atoms with E-state index in [9.17, 15) is 0 Å². The van der Waals surface area contributed by atoms with Crippen molar-refractivity contribution < 1.29 is 4.74 Å². The predicted molar refractivity (Wildman–Crippen MR) is 57.5 cm³/mol. The number of ether oxygens (including phenoxy) is 1. The van der Waals surface area contributed by atoms with Crippen molar-refractivity contribution >= 4 is 0 Å². The lowest BCUT2D eigenvalue weighted by Crippen LogP contribution is -2.56. The molecule has 2 aliphatic rings. The minimum Gasteiger partial charge on any atom is -0.378 e. The lowest BCUT2D eigenvalue weighted by molar-refractivity contribution is 0.0682. The Hall–Kier alpha value is -0.120. The zero-order valence-electron chi connectivity index (χ0n) is 9.14. The molecule has 2 rings (SSSR count). The second-order valence-corrected chi connectivity index (χ2v) is 4.59. The van der Waals surface area contributed by atoms with Crippen LogP contribution in [0.4, 0.5) is 0 Å². The Morgan fingerprint density at radius 1 is 1.50 bits per heavy atom. The average molecular weight is 198 g/mol. The van der Waals surface area contributed by atoms with Crippen LogP contribution in [0.1, 0.15) is 32.6 Å². The van der Waals surface area contributed by atoms with Gasteiger partial charge in [-0.3, -0.25) is 0 Å². The Balaban J connectivity index is 1.69. The highest BCUT2D eigenvalue weighted by Gasteiger charge is 2.34. The molecule has 1 aliphatic heterocycles. The summed E-state index contributed by atoms with van der Waals surface area (Å²) in [6.07, 6.45) is 5.38. The minimum absolute atomic E-state index is 0.471. The summed E-state index contributed by atoms with van der Waals surface area (Å²) < 4.78 is 5.43. The van der Waals surface area contributed by atoms with Crippen LogP contribution in [0, 0.1) is 0 Å². The average Bonchev–Trinajstić information content (AvgIpc) is 2.19. The molecule has 0 aromatic rings. The zero-order chi connectivity index (χ0) is 9.86. The van der Waals surface area contributed by atoms with Crippen molar-refractivity contribution in [3.05, 3.63) is 0 Å². The smallest absolute Gasteiger partial charge is 0.0632 e. The number of hydrogen-bond donors (Lipinski definition) is 2. The molecule has 0 spiro atoms. The van der Waals surface area contributed by atoms with Crippen LogP contribution in [0.15, 0.2) is 0 Å². The van der Waals surface area contributed by atoms with Crippen LogP contribution in [0.25, 0.3) is 0 Å². The normalized spacial score (nSPS) is 31.1. The summed E-state index contributed by atoms with van der Waals surface area (Å²) in [6, 6.07) is 0.521. The Morgan fingerprint density at radius 2 is 2.36 bits per heavy atom. The van der Waals surface area contributed by atoms with E-state index in [0.717, 1.165) is 26.3 Å². The van der Waals surface area contributed by atoms with Gasteiger partial charge in [0.2, 0.25) is 0 Å². The lowest BCUT2D eigenvalue weighted by Gasteiger charge is -2.43. The van der Waals surface area contributed by atoms with Crippen molar-refractivity contribution in [1.29, 1.82) is 0 Å². The SMILES string of the molecule is CCC1(NCC2COCCN2)CCC1. The van der Waals surface area contributed by atoms with Gasteiger partial charge in [-0.15, -0.1) is 0 Å². The second-order valence-electron chi connectivity index (χ2n) is 4.59. The van der Waals surface area contributed by atoms with Crippen LogP contribution < -0.4 is 10.6 Å². The molecule has 3 nitrogen and oxygen atoms in total. The summed E-state index contributed by atoms with van der Waals surface area (Å²) in [5, 5.41) is 7.19. The molecule has 3 heteroatoms. The summed E-state index contributed by atoms with van der Waals surface area (Å²) in [4.78, 5) is 0. The van der Waals surface area contributed by atoms with Crippen LogP contribution in [-0.2, 0) is 4.74 Å². The molecule has 0 aromatic carbocycles.